The minimum Gasteiger partial charge on any atom is -0.394 e. The lowest BCUT2D eigenvalue weighted by molar-refractivity contribution is 0.0961. The molecule has 5 nitrogen and oxygen atoms in total. The Labute approximate surface area is 121 Å². The zero-order valence-electron chi connectivity index (χ0n) is 12.2. The van der Waals surface area contributed by atoms with Gasteiger partial charge in [0, 0.05) is 6.54 Å². The van der Waals surface area contributed by atoms with E-state index >= 15 is 0 Å². The van der Waals surface area contributed by atoms with Crippen LogP contribution in [0.2, 0.25) is 0 Å². The molecule has 2 N–H and O–H groups in total. The molecule has 1 aromatic carbocycles. The molecule has 0 heterocycles. The highest BCUT2D eigenvalue weighted by molar-refractivity contribution is 7.89. The van der Waals surface area contributed by atoms with Crippen LogP contribution in [-0.4, -0.2) is 39.9 Å². The van der Waals surface area contributed by atoms with Gasteiger partial charge in [-0.2, -0.15) is 0 Å². The summed E-state index contributed by atoms with van der Waals surface area (Å²) in [5, 5.41) is 8.53. The van der Waals surface area contributed by atoms with Gasteiger partial charge in [0.15, 0.2) is 0 Å². The molecular weight excluding hydrogens is 278 g/mol. The molecule has 0 unspecified atom stereocenters. The average Bonchev–Trinajstić information content (AvgIpc) is 2.37. The van der Waals surface area contributed by atoms with Crippen molar-refractivity contribution in [2.45, 2.75) is 31.1 Å². The van der Waals surface area contributed by atoms with Crippen molar-refractivity contribution < 1.29 is 18.3 Å². The fourth-order valence-corrected chi connectivity index (χ4v) is 2.65. The van der Waals surface area contributed by atoms with Crippen molar-refractivity contribution in [3.63, 3.8) is 0 Å². The molecule has 0 aliphatic heterocycles. The molecule has 0 bridgehead atoms. The highest BCUT2D eigenvalue weighted by Gasteiger charge is 2.17. The van der Waals surface area contributed by atoms with E-state index in [2.05, 4.69) is 25.5 Å². The zero-order chi connectivity index (χ0) is 15.2. The van der Waals surface area contributed by atoms with Crippen LogP contribution in [0, 0.1) is 0 Å². The first-order chi connectivity index (χ1) is 9.27. The number of nitrogens with one attached hydrogen (secondary N) is 1. The molecule has 1 aromatic rings. The summed E-state index contributed by atoms with van der Waals surface area (Å²) in [4.78, 5) is 0.243. The van der Waals surface area contributed by atoms with Gasteiger partial charge in [-0.3, -0.25) is 0 Å². The van der Waals surface area contributed by atoms with E-state index in [0.717, 1.165) is 5.56 Å². The number of sulfonamides is 1. The highest BCUT2D eigenvalue weighted by Crippen LogP contribution is 2.23. The molecule has 6 heteroatoms. The first-order valence-corrected chi connectivity index (χ1v) is 8.04. The number of aliphatic hydroxyl groups excluding tert-OH is 1. The molecule has 0 aromatic heterocycles. The summed E-state index contributed by atoms with van der Waals surface area (Å²) in [6.07, 6.45) is 0. The van der Waals surface area contributed by atoms with E-state index in [-0.39, 0.29) is 36.7 Å². The van der Waals surface area contributed by atoms with Crippen LogP contribution < -0.4 is 4.72 Å². The number of hydrogen-bond acceptors (Lipinski definition) is 4. The van der Waals surface area contributed by atoms with Crippen molar-refractivity contribution in [1.82, 2.24) is 4.72 Å². The Morgan fingerprint density at radius 1 is 1.15 bits per heavy atom. The van der Waals surface area contributed by atoms with Crippen molar-refractivity contribution >= 4 is 10.0 Å². The first kappa shape index (κ1) is 17.1. The quantitative estimate of drug-likeness (QED) is 0.744. The fourth-order valence-electron chi connectivity index (χ4n) is 1.63. The third-order valence-electron chi connectivity index (χ3n) is 2.80. The Bertz CT molecular complexity index is 503. The van der Waals surface area contributed by atoms with Gasteiger partial charge in [0.2, 0.25) is 10.0 Å². The van der Waals surface area contributed by atoms with Crippen LogP contribution in [0.25, 0.3) is 0 Å². The van der Waals surface area contributed by atoms with Gasteiger partial charge in [-0.1, -0.05) is 32.9 Å². The molecule has 0 amide bonds. The molecule has 0 saturated heterocycles. The summed E-state index contributed by atoms with van der Waals surface area (Å²) in [6.45, 7) is 6.79. The van der Waals surface area contributed by atoms with E-state index in [1.165, 1.54) is 0 Å². The molecule has 0 aliphatic carbocycles. The SMILES string of the molecule is CC(C)(C)c1ccc(S(=O)(=O)NCCOCCO)cc1. The smallest absolute Gasteiger partial charge is 0.240 e. The van der Waals surface area contributed by atoms with E-state index in [1.807, 2.05) is 12.1 Å². The lowest BCUT2D eigenvalue weighted by Gasteiger charge is -2.19. The molecule has 20 heavy (non-hydrogen) atoms. The van der Waals surface area contributed by atoms with Gasteiger partial charge in [0.05, 0.1) is 24.7 Å². The monoisotopic (exact) mass is 301 g/mol. The van der Waals surface area contributed by atoms with Gasteiger partial charge in [-0.25, -0.2) is 13.1 Å². The number of ether oxygens (including phenoxy) is 1. The molecule has 0 radical (unpaired) electrons. The van der Waals surface area contributed by atoms with Crippen LogP contribution in [0.15, 0.2) is 29.2 Å². The second-order valence-corrected chi connectivity index (χ2v) is 7.28. The third-order valence-corrected chi connectivity index (χ3v) is 4.28. The van der Waals surface area contributed by atoms with E-state index in [0.29, 0.717) is 0 Å². The summed E-state index contributed by atoms with van der Waals surface area (Å²) in [6, 6.07) is 6.88. The Kier molecular flexibility index (Phi) is 6.13. The highest BCUT2D eigenvalue weighted by atomic mass is 32.2. The summed E-state index contributed by atoms with van der Waals surface area (Å²) >= 11 is 0. The lowest BCUT2D eigenvalue weighted by atomic mass is 9.87. The van der Waals surface area contributed by atoms with Crippen LogP contribution in [0.1, 0.15) is 26.3 Å². The summed E-state index contributed by atoms with van der Waals surface area (Å²) < 4.78 is 31.5. The number of rotatable bonds is 7. The minimum atomic E-state index is -3.50. The third kappa shape index (κ3) is 5.20. The normalized spacial score (nSPS) is 12.6. The largest absolute Gasteiger partial charge is 0.394 e. The standard InChI is InChI=1S/C14H23NO4S/c1-14(2,3)12-4-6-13(7-5-12)20(17,18)15-8-10-19-11-9-16/h4-7,15-16H,8-11H2,1-3H3. The molecule has 0 fully saturated rings. The van der Waals surface area contributed by atoms with Gasteiger partial charge in [-0.15, -0.1) is 0 Å². The van der Waals surface area contributed by atoms with Gasteiger partial charge in [-0.05, 0) is 23.1 Å². The summed E-state index contributed by atoms with van der Waals surface area (Å²) in [5.74, 6) is 0. The Hall–Kier alpha value is -0.950. The topological polar surface area (TPSA) is 75.6 Å². The maximum absolute atomic E-state index is 12.0. The molecule has 0 saturated carbocycles. The Morgan fingerprint density at radius 2 is 1.75 bits per heavy atom. The molecule has 0 atom stereocenters. The summed E-state index contributed by atoms with van der Waals surface area (Å²) in [5.41, 5.74) is 1.08. The van der Waals surface area contributed by atoms with Crippen molar-refractivity contribution in [3.8, 4) is 0 Å². The number of hydrogen-bond donors (Lipinski definition) is 2. The first-order valence-electron chi connectivity index (χ1n) is 6.56. The van der Waals surface area contributed by atoms with Crippen molar-refractivity contribution in [1.29, 1.82) is 0 Å². The maximum Gasteiger partial charge on any atom is 0.240 e. The maximum atomic E-state index is 12.0. The number of aliphatic hydroxyl groups is 1. The van der Waals surface area contributed by atoms with Gasteiger partial charge >= 0.3 is 0 Å². The van der Waals surface area contributed by atoms with Crippen LogP contribution >= 0.6 is 0 Å². The van der Waals surface area contributed by atoms with Gasteiger partial charge < -0.3 is 9.84 Å². The molecule has 0 aliphatic rings. The molecule has 1 rings (SSSR count). The van der Waals surface area contributed by atoms with E-state index < -0.39 is 10.0 Å². The fraction of sp³-hybridized carbons (Fsp3) is 0.571. The molecule has 0 spiro atoms. The van der Waals surface area contributed by atoms with Crippen molar-refractivity contribution in [2.75, 3.05) is 26.4 Å². The second-order valence-electron chi connectivity index (χ2n) is 5.51. The van der Waals surface area contributed by atoms with Gasteiger partial charge in [0.25, 0.3) is 0 Å². The Morgan fingerprint density at radius 3 is 2.25 bits per heavy atom. The van der Waals surface area contributed by atoms with E-state index in [4.69, 9.17) is 9.84 Å². The van der Waals surface area contributed by atoms with E-state index in [9.17, 15) is 8.42 Å². The minimum absolute atomic E-state index is 0.00610. The van der Waals surface area contributed by atoms with Crippen molar-refractivity contribution in [2.24, 2.45) is 0 Å². The van der Waals surface area contributed by atoms with Crippen LogP contribution in [0.5, 0.6) is 0 Å². The van der Waals surface area contributed by atoms with Crippen molar-refractivity contribution in [3.05, 3.63) is 29.8 Å². The van der Waals surface area contributed by atoms with E-state index in [1.54, 1.807) is 12.1 Å². The Balaban J connectivity index is 2.64. The van der Waals surface area contributed by atoms with Crippen LogP contribution in [0.4, 0.5) is 0 Å². The number of benzene rings is 1. The van der Waals surface area contributed by atoms with Gasteiger partial charge in [0.1, 0.15) is 0 Å². The molecular formula is C14H23NO4S. The van der Waals surface area contributed by atoms with Crippen LogP contribution in [0.3, 0.4) is 0 Å². The second kappa shape index (κ2) is 7.17. The molecule has 114 valence electrons. The zero-order valence-corrected chi connectivity index (χ0v) is 13.0. The average molecular weight is 301 g/mol. The lowest BCUT2D eigenvalue weighted by Crippen LogP contribution is -2.27. The van der Waals surface area contributed by atoms with Crippen LogP contribution in [-0.2, 0) is 20.2 Å². The predicted octanol–water partition coefficient (Wildman–Crippen LogP) is 1.27. The summed E-state index contributed by atoms with van der Waals surface area (Å²) in [7, 11) is -3.50. The predicted molar refractivity (Wildman–Crippen MR) is 78.2 cm³/mol.